The van der Waals surface area contributed by atoms with Gasteiger partial charge in [0.15, 0.2) is 0 Å². The number of benzene rings is 2. The fourth-order valence-corrected chi connectivity index (χ4v) is 3.56. The molecule has 0 bridgehead atoms. The molecule has 2 amide bonds. The fraction of sp³-hybridized carbons (Fsp3) is 0.333. The van der Waals surface area contributed by atoms with Crippen molar-refractivity contribution in [3.05, 3.63) is 72.3 Å². The number of carbonyl (C=O) groups excluding carboxylic acids is 2. The van der Waals surface area contributed by atoms with Crippen LogP contribution in [0.4, 0.5) is 10.5 Å². The molecule has 2 atom stereocenters. The second kappa shape index (κ2) is 9.96. The van der Waals surface area contributed by atoms with Gasteiger partial charge in [-0.2, -0.15) is 0 Å². The lowest BCUT2D eigenvalue weighted by Crippen LogP contribution is -2.48. The summed E-state index contributed by atoms with van der Waals surface area (Å²) in [5, 5.41) is 3.47. The lowest BCUT2D eigenvalue weighted by atomic mass is 9.96. The SMILES string of the molecule is COc1ccccc1N[C@@H](CC(C)C)[C@H]1C=CC(=O)N1C(=O)OCc1ccccc1. The van der Waals surface area contributed by atoms with Gasteiger partial charge in [0.05, 0.1) is 24.9 Å². The zero-order valence-electron chi connectivity index (χ0n) is 17.6. The predicted molar refractivity (Wildman–Crippen MR) is 116 cm³/mol. The number of hydrogen-bond donors (Lipinski definition) is 1. The van der Waals surface area contributed by atoms with Crippen molar-refractivity contribution in [3.63, 3.8) is 0 Å². The molecule has 2 aromatic rings. The van der Waals surface area contributed by atoms with Gasteiger partial charge in [-0.15, -0.1) is 0 Å². The highest BCUT2D eigenvalue weighted by Gasteiger charge is 2.38. The van der Waals surface area contributed by atoms with Crippen LogP contribution in [-0.4, -0.2) is 36.1 Å². The van der Waals surface area contributed by atoms with Gasteiger partial charge < -0.3 is 14.8 Å². The highest BCUT2D eigenvalue weighted by molar-refractivity contribution is 6.01. The lowest BCUT2D eigenvalue weighted by Gasteiger charge is -2.32. The summed E-state index contributed by atoms with van der Waals surface area (Å²) in [5.41, 5.74) is 1.68. The molecule has 6 nitrogen and oxygen atoms in total. The third-order valence-electron chi connectivity index (χ3n) is 4.96. The number of nitrogens with one attached hydrogen (secondary N) is 1. The lowest BCUT2D eigenvalue weighted by molar-refractivity contribution is -0.124. The summed E-state index contributed by atoms with van der Waals surface area (Å²) in [7, 11) is 1.62. The largest absolute Gasteiger partial charge is 0.495 e. The molecule has 3 rings (SSSR count). The summed E-state index contributed by atoms with van der Waals surface area (Å²) < 4.78 is 10.9. The molecule has 30 heavy (non-hydrogen) atoms. The maximum atomic E-state index is 12.8. The molecule has 1 N–H and O–H groups in total. The first-order valence-electron chi connectivity index (χ1n) is 10.1. The van der Waals surface area contributed by atoms with E-state index in [-0.39, 0.29) is 18.6 Å². The number of amides is 2. The highest BCUT2D eigenvalue weighted by atomic mass is 16.6. The van der Waals surface area contributed by atoms with Gasteiger partial charge in [0, 0.05) is 6.08 Å². The Hall–Kier alpha value is -3.28. The Balaban J connectivity index is 1.77. The summed E-state index contributed by atoms with van der Waals surface area (Å²) >= 11 is 0. The van der Waals surface area contributed by atoms with Gasteiger partial charge in [-0.3, -0.25) is 4.79 Å². The highest BCUT2D eigenvalue weighted by Crippen LogP contribution is 2.29. The Bertz CT molecular complexity index is 895. The third kappa shape index (κ3) is 5.20. The minimum absolute atomic E-state index is 0.116. The molecular weight excluding hydrogens is 380 g/mol. The molecule has 1 heterocycles. The van der Waals surface area contributed by atoms with E-state index in [9.17, 15) is 9.59 Å². The van der Waals surface area contributed by atoms with E-state index in [4.69, 9.17) is 9.47 Å². The zero-order valence-corrected chi connectivity index (χ0v) is 17.6. The number of nitrogens with zero attached hydrogens (tertiary/aromatic N) is 1. The van der Waals surface area contributed by atoms with Gasteiger partial charge in [-0.25, -0.2) is 9.69 Å². The summed E-state index contributed by atoms with van der Waals surface area (Å²) in [4.78, 5) is 26.5. The molecular formula is C24H28N2O4. The second-order valence-corrected chi connectivity index (χ2v) is 7.68. The normalized spacial score (nSPS) is 16.6. The number of para-hydroxylation sites is 2. The van der Waals surface area contributed by atoms with Gasteiger partial charge >= 0.3 is 6.09 Å². The van der Waals surface area contributed by atoms with Gasteiger partial charge in [-0.1, -0.05) is 62.4 Å². The fourth-order valence-electron chi connectivity index (χ4n) is 3.56. The van der Waals surface area contributed by atoms with E-state index in [0.717, 1.165) is 17.7 Å². The number of anilines is 1. The Kier molecular flexibility index (Phi) is 7.12. The molecule has 2 aromatic carbocycles. The first-order chi connectivity index (χ1) is 14.5. The van der Waals surface area contributed by atoms with Crippen molar-refractivity contribution in [2.24, 2.45) is 5.92 Å². The van der Waals surface area contributed by atoms with Crippen molar-refractivity contribution in [3.8, 4) is 5.75 Å². The van der Waals surface area contributed by atoms with Gasteiger partial charge in [-0.05, 0) is 30.0 Å². The van der Waals surface area contributed by atoms with Crippen LogP contribution in [-0.2, 0) is 16.1 Å². The topological polar surface area (TPSA) is 67.9 Å². The summed E-state index contributed by atoms with van der Waals surface area (Å²) in [6.07, 6.45) is 3.31. The molecule has 6 heteroatoms. The Labute approximate surface area is 177 Å². The number of methoxy groups -OCH3 is 1. The predicted octanol–water partition coefficient (Wildman–Crippen LogP) is 4.63. The van der Waals surface area contributed by atoms with E-state index in [1.165, 1.54) is 11.0 Å². The average molecular weight is 408 g/mol. The van der Waals surface area contributed by atoms with Crippen LogP contribution < -0.4 is 10.1 Å². The molecule has 0 aromatic heterocycles. The van der Waals surface area contributed by atoms with Crippen LogP contribution in [0.15, 0.2) is 66.7 Å². The van der Waals surface area contributed by atoms with E-state index in [2.05, 4.69) is 19.2 Å². The van der Waals surface area contributed by atoms with Gasteiger partial charge in [0.25, 0.3) is 5.91 Å². The minimum atomic E-state index is -0.644. The van der Waals surface area contributed by atoms with Crippen molar-refractivity contribution < 1.29 is 19.1 Å². The quantitative estimate of drug-likeness (QED) is 0.690. The molecule has 0 radical (unpaired) electrons. The molecule has 0 spiro atoms. The Morgan fingerprint density at radius 3 is 2.50 bits per heavy atom. The Morgan fingerprint density at radius 1 is 1.10 bits per heavy atom. The number of imide groups is 1. The van der Waals surface area contributed by atoms with Crippen LogP contribution in [0.2, 0.25) is 0 Å². The van der Waals surface area contributed by atoms with Crippen molar-refractivity contribution >= 4 is 17.7 Å². The van der Waals surface area contributed by atoms with Gasteiger partial charge in [0.1, 0.15) is 12.4 Å². The maximum absolute atomic E-state index is 12.8. The van der Waals surface area contributed by atoms with Crippen LogP contribution in [0.5, 0.6) is 5.75 Å². The van der Waals surface area contributed by atoms with Crippen molar-refractivity contribution in [1.82, 2.24) is 4.90 Å². The third-order valence-corrected chi connectivity index (χ3v) is 4.96. The first-order valence-corrected chi connectivity index (χ1v) is 10.1. The van der Waals surface area contributed by atoms with Crippen LogP contribution in [0.3, 0.4) is 0 Å². The molecule has 0 saturated heterocycles. The molecule has 0 aliphatic carbocycles. The standard InChI is InChI=1S/C24H28N2O4/c1-17(2)15-20(25-19-11-7-8-12-22(19)29-3)21-13-14-23(27)26(21)24(28)30-16-18-9-5-4-6-10-18/h4-14,17,20-21,25H,15-16H2,1-3H3/t20-,21+/m0/s1. The number of hydrogen-bond acceptors (Lipinski definition) is 5. The second-order valence-electron chi connectivity index (χ2n) is 7.68. The molecule has 1 aliphatic heterocycles. The van der Waals surface area contributed by atoms with E-state index in [0.29, 0.717) is 11.7 Å². The number of rotatable bonds is 8. The van der Waals surface area contributed by atoms with Crippen LogP contribution in [0.25, 0.3) is 0 Å². The molecule has 1 aliphatic rings. The first kappa shape index (κ1) is 21.4. The monoisotopic (exact) mass is 408 g/mol. The van der Waals surface area contributed by atoms with E-state index < -0.39 is 12.1 Å². The van der Waals surface area contributed by atoms with Gasteiger partial charge in [0.2, 0.25) is 0 Å². The van der Waals surface area contributed by atoms with Crippen LogP contribution >= 0.6 is 0 Å². The van der Waals surface area contributed by atoms with Crippen LogP contribution in [0.1, 0.15) is 25.8 Å². The summed E-state index contributed by atoms with van der Waals surface area (Å²) in [6.45, 7) is 4.33. The number of carbonyl (C=O) groups is 2. The van der Waals surface area contributed by atoms with Crippen molar-refractivity contribution in [2.75, 3.05) is 12.4 Å². The molecule has 0 saturated carbocycles. The maximum Gasteiger partial charge on any atom is 0.417 e. The minimum Gasteiger partial charge on any atom is -0.495 e. The summed E-state index contributed by atoms with van der Waals surface area (Å²) in [5.74, 6) is 0.690. The van der Waals surface area contributed by atoms with E-state index >= 15 is 0 Å². The van der Waals surface area contributed by atoms with E-state index in [1.807, 2.05) is 54.6 Å². The number of ether oxygens (including phenoxy) is 2. The van der Waals surface area contributed by atoms with Crippen LogP contribution in [0, 0.1) is 5.92 Å². The van der Waals surface area contributed by atoms with Crippen molar-refractivity contribution in [1.29, 1.82) is 0 Å². The average Bonchev–Trinajstić information content (AvgIpc) is 3.14. The van der Waals surface area contributed by atoms with Crippen molar-refractivity contribution in [2.45, 2.75) is 39.0 Å². The van der Waals surface area contributed by atoms with E-state index in [1.54, 1.807) is 13.2 Å². The smallest absolute Gasteiger partial charge is 0.417 e. The zero-order chi connectivity index (χ0) is 21.5. The molecule has 0 unspecified atom stereocenters. The Morgan fingerprint density at radius 2 is 1.80 bits per heavy atom. The molecule has 0 fully saturated rings. The molecule has 158 valence electrons. The summed E-state index contributed by atoms with van der Waals surface area (Å²) in [6, 6.07) is 16.4.